The van der Waals surface area contributed by atoms with E-state index in [2.05, 4.69) is 47.9 Å². The molecule has 0 aromatic carbocycles. The Balaban J connectivity index is 2.14. The van der Waals surface area contributed by atoms with Crippen LogP contribution < -0.4 is 5.73 Å². The van der Waals surface area contributed by atoms with Crippen LogP contribution >= 0.6 is 0 Å². The minimum atomic E-state index is -0.171. The highest BCUT2D eigenvalue weighted by Gasteiger charge is 2.28. The number of rotatable bonds is 4. The zero-order chi connectivity index (χ0) is 14.7. The molecule has 6 heteroatoms. The fourth-order valence-corrected chi connectivity index (χ4v) is 2.57. The van der Waals surface area contributed by atoms with E-state index < -0.39 is 0 Å². The lowest BCUT2D eigenvalue weighted by Crippen LogP contribution is -2.31. The van der Waals surface area contributed by atoms with Gasteiger partial charge in [-0.2, -0.15) is 4.98 Å². The van der Waals surface area contributed by atoms with Crippen molar-refractivity contribution in [2.45, 2.75) is 38.8 Å². The first kappa shape index (κ1) is 15.4. The zero-order valence-corrected chi connectivity index (χ0v) is 13.0. The van der Waals surface area contributed by atoms with Crippen LogP contribution in [0, 0.1) is 5.92 Å². The van der Waals surface area contributed by atoms with E-state index in [-0.39, 0.29) is 12.1 Å². The fourth-order valence-electron chi connectivity index (χ4n) is 2.57. The molecule has 0 saturated carbocycles. The third-order valence-electron chi connectivity index (χ3n) is 4.36. The Morgan fingerprint density at radius 3 is 2.85 bits per heavy atom. The van der Waals surface area contributed by atoms with Gasteiger partial charge in [-0.1, -0.05) is 25.4 Å². The minimum absolute atomic E-state index is 0.171. The molecule has 1 aliphatic heterocycles. The van der Waals surface area contributed by atoms with Gasteiger partial charge < -0.3 is 15.2 Å². The lowest BCUT2D eigenvalue weighted by Gasteiger charge is -2.24. The SMILES string of the molecule is CC[C@H](C)[C@H](N)c1nc(C2CN(C)CCCN2C)no1. The minimum Gasteiger partial charge on any atom is -0.338 e. The topological polar surface area (TPSA) is 71.4 Å². The second kappa shape index (κ2) is 6.65. The van der Waals surface area contributed by atoms with Crippen molar-refractivity contribution in [2.75, 3.05) is 33.7 Å². The third kappa shape index (κ3) is 3.37. The Labute approximate surface area is 121 Å². The van der Waals surface area contributed by atoms with Gasteiger partial charge in [-0.15, -0.1) is 0 Å². The fraction of sp³-hybridized carbons (Fsp3) is 0.857. The number of likely N-dealkylation sites (N-methyl/N-ethyl adjacent to an activating group) is 2. The molecule has 1 saturated heterocycles. The lowest BCUT2D eigenvalue weighted by molar-refractivity contribution is 0.214. The number of hydrogen-bond acceptors (Lipinski definition) is 6. The van der Waals surface area contributed by atoms with Crippen LogP contribution in [-0.2, 0) is 0 Å². The first-order valence-corrected chi connectivity index (χ1v) is 7.50. The molecule has 2 heterocycles. The van der Waals surface area contributed by atoms with Crippen LogP contribution in [0.25, 0.3) is 0 Å². The van der Waals surface area contributed by atoms with Crippen LogP contribution in [0.5, 0.6) is 0 Å². The summed E-state index contributed by atoms with van der Waals surface area (Å²) in [6.45, 7) is 7.32. The van der Waals surface area contributed by atoms with E-state index in [0.29, 0.717) is 11.8 Å². The maximum atomic E-state index is 6.16. The first-order chi connectivity index (χ1) is 9.52. The predicted molar refractivity (Wildman–Crippen MR) is 78.2 cm³/mol. The maximum absolute atomic E-state index is 6.16. The molecule has 1 unspecified atom stereocenters. The zero-order valence-electron chi connectivity index (χ0n) is 13.0. The number of nitrogens with two attached hydrogens (primary N) is 1. The molecule has 2 rings (SSSR count). The summed E-state index contributed by atoms with van der Waals surface area (Å²) in [5.74, 6) is 1.67. The van der Waals surface area contributed by atoms with Gasteiger partial charge in [0, 0.05) is 6.54 Å². The molecule has 0 radical (unpaired) electrons. The number of nitrogens with zero attached hydrogens (tertiary/aromatic N) is 4. The Kier molecular flexibility index (Phi) is 5.12. The summed E-state index contributed by atoms with van der Waals surface area (Å²) < 4.78 is 5.40. The van der Waals surface area contributed by atoms with Crippen LogP contribution in [0.15, 0.2) is 4.52 Å². The Hall–Kier alpha value is -0.980. The van der Waals surface area contributed by atoms with Crippen molar-refractivity contribution in [3.63, 3.8) is 0 Å². The van der Waals surface area contributed by atoms with Crippen LogP contribution in [-0.4, -0.2) is 53.7 Å². The molecule has 1 aromatic heterocycles. The molecule has 20 heavy (non-hydrogen) atoms. The third-order valence-corrected chi connectivity index (χ3v) is 4.36. The van der Waals surface area contributed by atoms with Gasteiger partial charge in [-0.25, -0.2) is 0 Å². The highest BCUT2D eigenvalue weighted by atomic mass is 16.5. The van der Waals surface area contributed by atoms with Gasteiger partial charge in [0.05, 0.1) is 12.1 Å². The van der Waals surface area contributed by atoms with Gasteiger partial charge in [-0.05, 0) is 39.5 Å². The van der Waals surface area contributed by atoms with Crippen molar-refractivity contribution in [3.8, 4) is 0 Å². The van der Waals surface area contributed by atoms with Gasteiger partial charge >= 0.3 is 0 Å². The van der Waals surface area contributed by atoms with E-state index in [1.54, 1.807) is 0 Å². The van der Waals surface area contributed by atoms with Gasteiger partial charge in [0.2, 0.25) is 5.89 Å². The highest BCUT2D eigenvalue weighted by Crippen LogP contribution is 2.24. The van der Waals surface area contributed by atoms with Crippen molar-refractivity contribution in [2.24, 2.45) is 11.7 Å². The number of aromatic nitrogens is 2. The van der Waals surface area contributed by atoms with Gasteiger partial charge in [-0.3, -0.25) is 4.90 Å². The molecule has 2 N–H and O–H groups in total. The Morgan fingerprint density at radius 2 is 2.15 bits per heavy atom. The second-order valence-corrected chi connectivity index (χ2v) is 6.01. The summed E-state index contributed by atoms with van der Waals surface area (Å²) in [6.07, 6.45) is 2.17. The highest BCUT2D eigenvalue weighted by molar-refractivity contribution is 5.00. The summed E-state index contributed by atoms with van der Waals surface area (Å²) in [5.41, 5.74) is 6.16. The summed E-state index contributed by atoms with van der Waals surface area (Å²) in [5, 5.41) is 4.17. The van der Waals surface area contributed by atoms with Crippen molar-refractivity contribution in [3.05, 3.63) is 11.7 Å². The molecule has 1 fully saturated rings. The van der Waals surface area contributed by atoms with E-state index >= 15 is 0 Å². The van der Waals surface area contributed by atoms with E-state index in [0.717, 1.165) is 31.9 Å². The average Bonchev–Trinajstić information content (AvgIpc) is 2.85. The summed E-state index contributed by atoms with van der Waals surface area (Å²) in [4.78, 5) is 9.18. The normalized spacial score (nSPS) is 25.4. The standard InChI is InChI=1S/C14H27N5O/c1-5-10(2)12(15)14-16-13(17-20-14)11-9-18(3)7-6-8-19(11)4/h10-12H,5-9,15H2,1-4H3/t10-,11?,12-/m0/s1. The van der Waals surface area contributed by atoms with Crippen LogP contribution in [0.1, 0.15) is 50.5 Å². The summed E-state index contributed by atoms with van der Waals surface area (Å²) >= 11 is 0. The molecule has 3 atom stereocenters. The van der Waals surface area contributed by atoms with Crippen molar-refractivity contribution in [1.29, 1.82) is 0 Å². The van der Waals surface area contributed by atoms with Gasteiger partial charge in [0.25, 0.3) is 0 Å². The maximum Gasteiger partial charge on any atom is 0.243 e. The van der Waals surface area contributed by atoms with Crippen molar-refractivity contribution in [1.82, 2.24) is 19.9 Å². The first-order valence-electron chi connectivity index (χ1n) is 7.50. The van der Waals surface area contributed by atoms with E-state index in [1.807, 2.05) is 0 Å². The molecule has 0 aliphatic carbocycles. The Bertz CT molecular complexity index is 421. The van der Waals surface area contributed by atoms with Gasteiger partial charge in [0.1, 0.15) is 0 Å². The Morgan fingerprint density at radius 1 is 1.40 bits per heavy atom. The average molecular weight is 281 g/mol. The molecule has 1 aliphatic rings. The van der Waals surface area contributed by atoms with Crippen LogP contribution in [0.2, 0.25) is 0 Å². The monoisotopic (exact) mass is 281 g/mol. The van der Waals surface area contributed by atoms with E-state index in [1.165, 1.54) is 6.42 Å². The summed E-state index contributed by atoms with van der Waals surface area (Å²) in [6, 6.07) is 0.0131. The van der Waals surface area contributed by atoms with Crippen molar-refractivity contribution >= 4 is 0 Å². The molecule has 0 spiro atoms. The van der Waals surface area contributed by atoms with Crippen LogP contribution in [0.3, 0.4) is 0 Å². The number of hydrogen-bond donors (Lipinski definition) is 1. The molecule has 0 bridgehead atoms. The van der Waals surface area contributed by atoms with Gasteiger partial charge in [0.15, 0.2) is 5.82 Å². The molecular formula is C14H27N5O. The molecular weight excluding hydrogens is 254 g/mol. The quantitative estimate of drug-likeness (QED) is 0.900. The lowest BCUT2D eigenvalue weighted by atomic mass is 10.0. The smallest absolute Gasteiger partial charge is 0.243 e. The molecule has 114 valence electrons. The molecule has 0 amide bonds. The molecule has 1 aromatic rings. The molecule has 6 nitrogen and oxygen atoms in total. The van der Waals surface area contributed by atoms with E-state index in [9.17, 15) is 0 Å². The van der Waals surface area contributed by atoms with Crippen molar-refractivity contribution < 1.29 is 4.52 Å². The largest absolute Gasteiger partial charge is 0.338 e. The predicted octanol–water partition coefficient (Wildman–Crippen LogP) is 1.42. The summed E-state index contributed by atoms with van der Waals surface area (Å²) in [7, 11) is 4.26. The van der Waals surface area contributed by atoms with Crippen LogP contribution in [0.4, 0.5) is 0 Å². The van der Waals surface area contributed by atoms with E-state index in [4.69, 9.17) is 10.3 Å². The second-order valence-electron chi connectivity index (χ2n) is 6.01.